The molecule has 0 atom stereocenters. The van der Waals surface area contributed by atoms with Crippen molar-refractivity contribution in [3.05, 3.63) is 35.9 Å². The van der Waals surface area contributed by atoms with Gasteiger partial charge >= 0.3 is 6.09 Å². The monoisotopic (exact) mass is 386 g/mol. The summed E-state index contributed by atoms with van der Waals surface area (Å²) in [6, 6.07) is 9.82. The van der Waals surface area contributed by atoms with Crippen LogP contribution in [-0.4, -0.2) is 30.5 Å². The molecule has 0 radical (unpaired) electrons. The first-order valence-electron chi connectivity index (χ1n) is 8.89. The summed E-state index contributed by atoms with van der Waals surface area (Å²) in [4.78, 5) is 11.7. The van der Waals surface area contributed by atoms with E-state index in [1.54, 1.807) is 0 Å². The zero-order valence-electron chi connectivity index (χ0n) is 16.8. The number of hydrogen-bond donors (Lipinski definition) is 4. The minimum absolute atomic E-state index is 0.00299. The quantitative estimate of drug-likeness (QED) is 0.510. The summed E-state index contributed by atoms with van der Waals surface area (Å²) >= 11 is 0. The van der Waals surface area contributed by atoms with Crippen LogP contribution < -0.4 is 21.2 Å². The number of hydrogen-bond acceptors (Lipinski definition) is 4. The van der Waals surface area contributed by atoms with E-state index in [2.05, 4.69) is 15.5 Å². The van der Waals surface area contributed by atoms with Crippen molar-refractivity contribution in [2.45, 2.75) is 66.3 Å². The van der Waals surface area contributed by atoms with Gasteiger partial charge in [-0.05, 0) is 39.3 Å². The van der Waals surface area contributed by atoms with Crippen LogP contribution in [0, 0.1) is 0 Å². The summed E-state index contributed by atoms with van der Waals surface area (Å²) < 4.78 is 17.8. The van der Waals surface area contributed by atoms with Gasteiger partial charge in [-0.15, -0.1) is 0 Å². The number of nitrogens with two attached hydrogens (primary N) is 1. The fourth-order valence-corrected chi connectivity index (χ4v) is 4.19. The molecule has 5 N–H and O–H groups in total. The zero-order valence-corrected chi connectivity index (χ0v) is 17.7. The lowest BCUT2D eigenvalue weighted by atomic mass is 10.2. The highest BCUT2D eigenvalue weighted by molar-refractivity contribution is 7.59. The summed E-state index contributed by atoms with van der Waals surface area (Å²) in [7, 11) is -2.89. The molecule has 0 unspecified atom stereocenters. The molecule has 0 saturated carbocycles. The maximum Gasteiger partial charge on any atom is 0.407 e. The van der Waals surface area contributed by atoms with E-state index in [4.69, 9.17) is 10.5 Å². The van der Waals surface area contributed by atoms with E-state index in [0.717, 1.165) is 5.56 Å². The Hall–Kier alpha value is -1.40. The molecular formula is C18H35N4O3P. The molecule has 0 heterocycles. The Morgan fingerprint density at radius 1 is 1.04 bits per heavy atom. The third kappa shape index (κ3) is 13.8. The van der Waals surface area contributed by atoms with Crippen molar-refractivity contribution in [1.29, 1.82) is 0 Å². The summed E-state index contributed by atoms with van der Waals surface area (Å²) in [6.07, 6.45) is -0.586. The second-order valence-electron chi connectivity index (χ2n) is 6.95. The molecule has 0 fully saturated rings. The highest BCUT2D eigenvalue weighted by Gasteiger charge is 2.24. The molecular weight excluding hydrogens is 351 g/mol. The van der Waals surface area contributed by atoms with Gasteiger partial charge in [-0.25, -0.2) is 4.79 Å². The Balaban J connectivity index is 0.00000141. The third-order valence-corrected chi connectivity index (χ3v) is 5.06. The number of alkyl carbamates (subject to hydrolysis) is 1. The lowest BCUT2D eigenvalue weighted by Crippen LogP contribution is -2.38. The molecule has 0 saturated heterocycles. The van der Waals surface area contributed by atoms with Crippen LogP contribution in [-0.2, 0) is 15.9 Å². The van der Waals surface area contributed by atoms with Crippen LogP contribution in [0.5, 0.6) is 0 Å². The van der Waals surface area contributed by atoms with Gasteiger partial charge in [0.1, 0.15) is 12.9 Å². The van der Waals surface area contributed by atoms with Gasteiger partial charge in [0.15, 0.2) is 0 Å². The minimum atomic E-state index is -2.89. The molecule has 0 aromatic heterocycles. The summed E-state index contributed by atoms with van der Waals surface area (Å²) in [5, 5.41) is 8.54. The van der Waals surface area contributed by atoms with Gasteiger partial charge in [0.25, 0.3) is 0 Å². The van der Waals surface area contributed by atoms with E-state index in [-0.39, 0.29) is 25.0 Å². The van der Waals surface area contributed by atoms with Crippen molar-refractivity contribution < 1.29 is 14.1 Å². The Morgan fingerprint density at radius 2 is 1.50 bits per heavy atom. The van der Waals surface area contributed by atoms with Crippen LogP contribution in [0.2, 0.25) is 0 Å². The molecule has 7 nitrogen and oxygen atoms in total. The molecule has 0 spiro atoms. The lowest BCUT2D eigenvalue weighted by molar-refractivity contribution is 0.141. The van der Waals surface area contributed by atoms with E-state index in [1.807, 2.05) is 71.9 Å². The molecule has 26 heavy (non-hydrogen) atoms. The number of ether oxygens (including phenoxy) is 1. The second kappa shape index (κ2) is 12.9. The predicted octanol–water partition coefficient (Wildman–Crippen LogP) is 3.41. The molecule has 0 aliphatic rings. The maximum absolute atomic E-state index is 12.7. The van der Waals surface area contributed by atoms with Crippen LogP contribution in [0.4, 0.5) is 4.79 Å². The van der Waals surface area contributed by atoms with Crippen molar-refractivity contribution in [2.24, 2.45) is 5.73 Å². The van der Waals surface area contributed by atoms with Gasteiger partial charge in [0.2, 0.25) is 7.44 Å². The van der Waals surface area contributed by atoms with Crippen molar-refractivity contribution in [2.75, 3.05) is 6.29 Å². The largest absolute Gasteiger partial charge is 0.445 e. The normalized spacial score (nSPS) is 11.3. The molecule has 1 amide bonds. The number of carbonyl (C=O) groups is 1. The predicted molar refractivity (Wildman–Crippen MR) is 108 cm³/mol. The molecule has 150 valence electrons. The van der Waals surface area contributed by atoms with Gasteiger partial charge in [0.05, 0.1) is 0 Å². The van der Waals surface area contributed by atoms with Crippen molar-refractivity contribution >= 4 is 13.5 Å². The number of rotatable bonds is 8. The second-order valence-corrected chi connectivity index (χ2v) is 9.26. The van der Waals surface area contributed by atoms with Crippen LogP contribution in [0.15, 0.2) is 30.3 Å². The van der Waals surface area contributed by atoms with E-state index >= 15 is 0 Å². The molecule has 8 heteroatoms. The molecule has 0 bridgehead atoms. The SMILES string of the molecule is CC(C)N.CC(C)NP(=O)(CNC(=O)OCc1ccccc1)NC(C)C. The van der Waals surface area contributed by atoms with Crippen LogP contribution in [0.1, 0.15) is 47.1 Å². The lowest BCUT2D eigenvalue weighted by Gasteiger charge is -2.25. The summed E-state index contributed by atoms with van der Waals surface area (Å²) in [5.41, 5.74) is 6.02. The number of amides is 1. The highest BCUT2D eigenvalue weighted by atomic mass is 31.2. The van der Waals surface area contributed by atoms with E-state index in [0.29, 0.717) is 6.04 Å². The first-order valence-corrected chi connectivity index (χ1v) is 10.8. The van der Waals surface area contributed by atoms with Crippen molar-refractivity contribution in [3.8, 4) is 0 Å². The summed E-state index contributed by atoms with van der Waals surface area (Å²) in [6.45, 7) is 11.7. The fraction of sp³-hybridized carbons (Fsp3) is 0.611. The number of nitrogens with one attached hydrogen (secondary N) is 3. The van der Waals surface area contributed by atoms with Gasteiger partial charge in [-0.2, -0.15) is 0 Å². The molecule has 1 aromatic rings. The average Bonchev–Trinajstić information content (AvgIpc) is 2.50. The van der Waals surface area contributed by atoms with Crippen molar-refractivity contribution in [3.63, 3.8) is 0 Å². The smallest absolute Gasteiger partial charge is 0.407 e. The van der Waals surface area contributed by atoms with Crippen LogP contribution in [0.25, 0.3) is 0 Å². The highest BCUT2D eigenvalue weighted by Crippen LogP contribution is 2.35. The molecule has 0 aliphatic heterocycles. The topological polar surface area (TPSA) is 105 Å². The fourth-order valence-electron chi connectivity index (χ4n) is 1.91. The van der Waals surface area contributed by atoms with E-state index < -0.39 is 13.5 Å². The summed E-state index contributed by atoms with van der Waals surface area (Å²) in [5.74, 6) is 0. The molecule has 1 rings (SSSR count). The van der Waals surface area contributed by atoms with Gasteiger partial charge < -0.3 is 15.8 Å². The van der Waals surface area contributed by atoms with Crippen LogP contribution >= 0.6 is 7.44 Å². The minimum Gasteiger partial charge on any atom is -0.445 e. The zero-order chi connectivity index (χ0) is 20.2. The van der Waals surface area contributed by atoms with Crippen LogP contribution in [0.3, 0.4) is 0 Å². The Morgan fingerprint density at radius 3 is 1.92 bits per heavy atom. The Bertz CT molecular complexity index is 534. The number of carbonyl (C=O) groups excluding carboxylic acids is 1. The number of benzene rings is 1. The first kappa shape index (κ1) is 24.6. The molecule has 0 aliphatic carbocycles. The third-order valence-electron chi connectivity index (χ3n) is 2.59. The average molecular weight is 386 g/mol. The standard InChI is InChI=1S/C15H26N3O3P.C3H9N/c1-12(2)17-22(20,18-13(3)4)11-16-15(19)21-10-14-8-6-5-7-9-14;1-3(2)4/h5-9,12-13H,10-11H2,1-4H3,(H,16,19)(H2,17,18,20);3H,4H2,1-2H3. The van der Waals surface area contributed by atoms with Gasteiger partial charge in [-0.1, -0.05) is 44.2 Å². The Kier molecular flexibility index (Phi) is 12.2. The van der Waals surface area contributed by atoms with E-state index in [9.17, 15) is 9.36 Å². The molecule has 1 aromatic carbocycles. The van der Waals surface area contributed by atoms with E-state index in [1.165, 1.54) is 0 Å². The van der Waals surface area contributed by atoms with Gasteiger partial charge in [-0.3, -0.25) is 14.7 Å². The maximum atomic E-state index is 12.7. The van der Waals surface area contributed by atoms with Crippen molar-refractivity contribution in [1.82, 2.24) is 15.5 Å². The Labute approximate surface area is 157 Å². The van der Waals surface area contributed by atoms with Gasteiger partial charge in [0, 0.05) is 12.1 Å². The first-order chi connectivity index (χ1) is 12.0.